The molecule has 190 valence electrons. The molecule has 36 heavy (non-hydrogen) atoms. The highest BCUT2D eigenvalue weighted by Crippen LogP contribution is 2.28. The van der Waals surface area contributed by atoms with Crippen LogP contribution >= 0.6 is 39.1 Å². The average Bonchev–Trinajstić information content (AvgIpc) is 2.85. The van der Waals surface area contributed by atoms with E-state index in [1.807, 2.05) is 56.3 Å². The van der Waals surface area contributed by atoms with Gasteiger partial charge in [0.05, 0.1) is 4.47 Å². The lowest BCUT2D eigenvalue weighted by molar-refractivity contribution is -0.142. The van der Waals surface area contributed by atoms with Crippen LogP contribution in [0.1, 0.15) is 25.0 Å². The van der Waals surface area contributed by atoms with Crippen LogP contribution in [0.2, 0.25) is 10.0 Å². The van der Waals surface area contributed by atoms with Gasteiger partial charge in [-0.1, -0.05) is 79.5 Å². The Labute approximate surface area is 230 Å². The fourth-order valence-corrected chi connectivity index (χ4v) is 4.50. The molecule has 0 unspecified atom stereocenters. The fourth-order valence-electron chi connectivity index (χ4n) is 3.58. The first-order valence-corrected chi connectivity index (χ1v) is 13.2. The van der Waals surface area contributed by atoms with E-state index >= 15 is 0 Å². The monoisotopic (exact) mass is 590 g/mol. The third kappa shape index (κ3) is 8.54. The zero-order chi connectivity index (χ0) is 26.1. The van der Waals surface area contributed by atoms with Crippen LogP contribution in [-0.2, 0) is 22.6 Å². The Kier molecular flexibility index (Phi) is 10.7. The van der Waals surface area contributed by atoms with Crippen LogP contribution < -0.4 is 10.1 Å². The molecule has 0 aliphatic heterocycles. The SMILES string of the molecule is CC(C)CNC(=O)[C@@H](Cc1ccccc1)N(Cc1ccc(Cl)cc1)C(=O)COc1ccc(Cl)cc1Br. The van der Waals surface area contributed by atoms with Gasteiger partial charge < -0.3 is 15.0 Å². The molecule has 1 atom stereocenters. The zero-order valence-corrected chi connectivity index (χ0v) is 23.3. The van der Waals surface area contributed by atoms with E-state index in [2.05, 4.69) is 21.2 Å². The second-order valence-corrected chi connectivity index (χ2v) is 10.6. The molecule has 5 nitrogen and oxygen atoms in total. The number of amides is 2. The molecule has 0 saturated carbocycles. The molecule has 0 aliphatic carbocycles. The minimum Gasteiger partial charge on any atom is -0.483 e. The minimum absolute atomic E-state index is 0.206. The maximum atomic E-state index is 13.6. The Morgan fingerprint density at radius 1 is 0.944 bits per heavy atom. The molecular weight excluding hydrogens is 563 g/mol. The molecule has 8 heteroatoms. The summed E-state index contributed by atoms with van der Waals surface area (Å²) >= 11 is 15.5. The van der Waals surface area contributed by atoms with Crippen LogP contribution in [0.5, 0.6) is 5.75 Å². The number of halogens is 3. The van der Waals surface area contributed by atoms with Crippen LogP contribution in [0.25, 0.3) is 0 Å². The van der Waals surface area contributed by atoms with Gasteiger partial charge in [0.25, 0.3) is 5.91 Å². The number of carbonyl (C=O) groups excluding carboxylic acids is 2. The summed E-state index contributed by atoms with van der Waals surface area (Å²) in [6, 6.07) is 21.3. The van der Waals surface area contributed by atoms with Crippen molar-refractivity contribution in [3.63, 3.8) is 0 Å². The lowest BCUT2D eigenvalue weighted by Gasteiger charge is -2.31. The number of nitrogens with one attached hydrogen (secondary N) is 1. The van der Waals surface area contributed by atoms with Gasteiger partial charge in [-0.25, -0.2) is 0 Å². The predicted molar refractivity (Wildman–Crippen MR) is 148 cm³/mol. The summed E-state index contributed by atoms with van der Waals surface area (Å²) < 4.78 is 6.46. The van der Waals surface area contributed by atoms with Crippen molar-refractivity contribution in [3.8, 4) is 5.75 Å². The molecule has 0 aromatic heterocycles. The lowest BCUT2D eigenvalue weighted by Crippen LogP contribution is -2.52. The van der Waals surface area contributed by atoms with Gasteiger partial charge in [0.15, 0.2) is 6.61 Å². The molecule has 1 N–H and O–H groups in total. The van der Waals surface area contributed by atoms with Crippen LogP contribution in [-0.4, -0.2) is 35.9 Å². The molecule has 0 radical (unpaired) electrons. The van der Waals surface area contributed by atoms with Crippen LogP contribution in [0.15, 0.2) is 77.3 Å². The van der Waals surface area contributed by atoms with Crippen molar-refractivity contribution in [2.24, 2.45) is 5.92 Å². The van der Waals surface area contributed by atoms with E-state index in [4.69, 9.17) is 27.9 Å². The molecule has 0 bridgehead atoms. The number of hydrogen-bond acceptors (Lipinski definition) is 3. The van der Waals surface area contributed by atoms with Crippen molar-refractivity contribution in [1.82, 2.24) is 10.2 Å². The summed E-state index contributed by atoms with van der Waals surface area (Å²) in [6.45, 7) is 4.56. The lowest BCUT2D eigenvalue weighted by atomic mass is 10.0. The first-order chi connectivity index (χ1) is 17.2. The highest BCUT2D eigenvalue weighted by molar-refractivity contribution is 9.10. The van der Waals surface area contributed by atoms with Crippen molar-refractivity contribution < 1.29 is 14.3 Å². The van der Waals surface area contributed by atoms with Gasteiger partial charge >= 0.3 is 0 Å². The number of hydrogen-bond donors (Lipinski definition) is 1. The summed E-state index contributed by atoms with van der Waals surface area (Å²) in [4.78, 5) is 28.6. The van der Waals surface area contributed by atoms with Crippen LogP contribution in [0, 0.1) is 5.92 Å². The Morgan fingerprint density at radius 2 is 1.61 bits per heavy atom. The fraction of sp³-hybridized carbons (Fsp3) is 0.286. The summed E-state index contributed by atoms with van der Waals surface area (Å²) in [7, 11) is 0. The summed E-state index contributed by atoms with van der Waals surface area (Å²) in [5.74, 6) is 0.246. The number of nitrogens with zero attached hydrogens (tertiary/aromatic N) is 1. The van der Waals surface area contributed by atoms with Crippen molar-refractivity contribution in [2.75, 3.05) is 13.2 Å². The Morgan fingerprint density at radius 3 is 2.25 bits per heavy atom. The first kappa shape index (κ1) is 28.0. The number of benzene rings is 3. The van der Waals surface area contributed by atoms with Crippen LogP contribution in [0.4, 0.5) is 0 Å². The van der Waals surface area contributed by atoms with E-state index in [9.17, 15) is 9.59 Å². The normalized spacial score (nSPS) is 11.7. The quantitative estimate of drug-likeness (QED) is 0.275. The van der Waals surface area contributed by atoms with E-state index in [1.54, 1.807) is 35.2 Å². The molecule has 0 heterocycles. The van der Waals surface area contributed by atoms with Crippen LogP contribution in [0.3, 0.4) is 0 Å². The third-order valence-electron chi connectivity index (χ3n) is 5.47. The molecule has 0 saturated heterocycles. The largest absolute Gasteiger partial charge is 0.483 e. The Balaban J connectivity index is 1.90. The molecule has 3 aromatic rings. The molecule has 3 aromatic carbocycles. The standard InChI is InChI=1S/C28H29BrCl2N2O3/c1-19(2)16-32-28(35)25(14-20-6-4-3-5-7-20)33(17-21-8-10-22(30)11-9-21)27(34)18-36-26-13-12-23(31)15-24(26)29/h3-13,15,19,25H,14,16-18H2,1-2H3,(H,32,35)/t25-/m1/s1. The van der Waals surface area contributed by atoms with Gasteiger partial charge in [0.1, 0.15) is 11.8 Å². The molecular formula is C28H29BrCl2N2O3. The minimum atomic E-state index is -0.730. The Hall–Kier alpha value is -2.54. The average molecular weight is 592 g/mol. The van der Waals surface area contributed by atoms with E-state index in [0.29, 0.717) is 33.2 Å². The van der Waals surface area contributed by atoms with Gasteiger partial charge in [-0.2, -0.15) is 0 Å². The summed E-state index contributed by atoms with van der Waals surface area (Å²) in [6.07, 6.45) is 0.370. The smallest absolute Gasteiger partial charge is 0.261 e. The van der Waals surface area contributed by atoms with Crippen molar-refractivity contribution in [1.29, 1.82) is 0 Å². The Bertz CT molecular complexity index is 1160. The van der Waals surface area contributed by atoms with Gasteiger partial charge in [0.2, 0.25) is 5.91 Å². The second kappa shape index (κ2) is 13.7. The number of carbonyl (C=O) groups is 2. The predicted octanol–water partition coefficient (Wildman–Crippen LogP) is 6.55. The highest BCUT2D eigenvalue weighted by atomic mass is 79.9. The van der Waals surface area contributed by atoms with Gasteiger partial charge in [-0.15, -0.1) is 0 Å². The van der Waals surface area contributed by atoms with E-state index in [-0.39, 0.29) is 30.9 Å². The number of ether oxygens (including phenoxy) is 1. The van der Waals surface area contributed by atoms with Gasteiger partial charge in [-0.3, -0.25) is 9.59 Å². The molecule has 0 aliphatic rings. The maximum Gasteiger partial charge on any atom is 0.261 e. The highest BCUT2D eigenvalue weighted by Gasteiger charge is 2.30. The third-order valence-corrected chi connectivity index (χ3v) is 6.57. The van der Waals surface area contributed by atoms with Gasteiger partial charge in [-0.05, 0) is 63.3 Å². The molecule has 2 amide bonds. The van der Waals surface area contributed by atoms with E-state index < -0.39 is 6.04 Å². The molecule has 3 rings (SSSR count). The van der Waals surface area contributed by atoms with Crippen molar-refractivity contribution >= 4 is 50.9 Å². The van der Waals surface area contributed by atoms with Crippen molar-refractivity contribution in [3.05, 3.63) is 98.4 Å². The first-order valence-electron chi connectivity index (χ1n) is 11.7. The number of rotatable bonds is 11. The summed E-state index contributed by atoms with van der Waals surface area (Å²) in [5.41, 5.74) is 1.81. The van der Waals surface area contributed by atoms with Gasteiger partial charge in [0, 0.05) is 29.6 Å². The molecule has 0 fully saturated rings. The topological polar surface area (TPSA) is 58.6 Å². The van der Waals surface area contributed by atoms with E-state index in [1.165, 1.54) is 0 Å². The summed E-state index contributed by atoms with van der Waals surface area (Å²) in [5, 5.41) is 4.16. The molecule has 0 spiro atoms. The van der Waals surface area contributed by atoms with Crippen molar-refractivity contribution in [2.45, 2.75) is 32.9 Å². The maximum absolute atomic E-state index is 13.6. The zero-order valence-electron chi connectivity index (χ0n) is 20.2. The second-order valence-electron chi connectivity index (χ2n) is 8.86. The van der Waals surface area contributed by atoms with E-state index in [0.717, 1.165) is 11.1 Å².